The van der Waals surface area contributed by atoms with Gasteiger partial charge in [-0.15, -0.1) is 23.5 Å². The minimum Gasteiger partial charge on any atom is -0.326 e. The number of nitrogens with one attached hydrogen (secondary N) is 1. The van der Waals surface area contributed by atoms with Gasteiger partial charge >= 0.3 is 6.55 Å². The second kappa shape index (κ2) is 7.78. The van der Waals surface area contributed by atoms with Gasteiger partial charge in [0.2, 0.25) is 5.91 Å². The standard InChI is InChI=1S/C17H19F2N3OS2/c1-10-14(11(2)22(21-10)17(18)19)9-15(23)20-13-5-3-4-12(8-13)16-24-6-7-25-16/h3-5,8,16-17H,6-7,9H2,1-2H3,(H,20,23). The SMILES string of the molecule is Cc1nn(C(F)F)c(C)c1CC(=O)Nc1cccc(C2SCCS2)c1. The molecular formula is C17H19F2N3OS2. The van der Waals surface area contributed by atoms with Crippen LogP contribution in [-0.2, 0) is 11.2 Å². The summed E-state index contributed by atoms with van der Waals surface area (Å²) in [6, 6.07) is 7.81. The predicted octanol–water partition coefficient (Wildman–Crippen LogP) is 4.55. The summed E-state index contributed by atoms with van der Waals surface area (Å²) in [5.41, 5.74) is 3.25. The summed E-state index contributed by atoms with van der Waals surface area (Å²) in [4.78, 5) is 12.4. The number of anilines is 1. The first-order valence-corrected chi connectivity index (χ1v) is 10.0. The molecule has 1 saturated heterocycles. The minimum absolute atomic E-state index is 0.0293. The molecule has 1 aliphatic rings. The van der Waals surface area contributed by atoms with Crippen LogP contribution in [-0.4, -0.2) is 27.2 Å². The van der Waals surface area contributed by atoms with E-state index in [1.165, 1.54) is 5.56 Å². The molecule has 134 valence electrons. The first kappa shape index (κ1) is 18.3. The molecule has 1 aromatic carbocycles. The Balaban J connectivity index is 1.70. The first-order valence-electron chi connectivity index (χ1n) is 7.91. The van der Waals surface area contributed by atoms with Crippen LogP contribution in [0.25, 0.3) is 0 Å². The summed E-state index contributed by atoms with van der Waals surface area (Å²) in [5.74, 6) is 2.04. The Morgan fingerprint density at radius 2 is 2.08 bits per heavy atom. The van der Waals surface area contributed by atoms with Crippen LogP contribution in [0, 0.1) is 13.8 Å². The van der Waals surface area contributed by atoms with Crippen LogP contribution >= 0.6 is 23.5 Å². The van der Waals surface area contributed by atoms with Crippen LogP contribution in [0.4, 0.5) is 14.5 Å². The molecule has 0 saturated carbocycles. The van der Waals surface area contributed by atoms with Crippen molar-refractivity contribution in [2.45, 2.75) is 31.4 Å². The zero-order valence-corrected chi connectivity index (χ0v) is 15.6. The number of hydrogen-bond donors (Lipinski definition) is 1. The molecular weight excluding hydrogens is 364 g/mol. The number of hydrogen-bond acceptors (Lipinski definition) is 4. The Labute approximate surface area is 153 Å². The topological polar surface area (TPSA) is 46.9 Å². The second-order valence-electron chi connectivity index (χ2n) is 5.80. The molecule has 0 atom stereocenters. The lowest BCUT2D eigenvalue weighted by atomic mass is 10.1. The number of alkyl halides is 2. The molecule has 0 bridgehead atoms. The highest BCUT2D eigenvalue weighted by Gasteiger charge is 2.20. The summed E-state index contributed by atoms with van der Waals surface area (Å²) in [6.07, 6.45) is 0.0293. The summed E-state index contributed by atoms with van der Waals surface area (Å²) >= 11 is 3.81. The number of carbonyl (C=O) groups is 1. The fraction of sp³-hybridized carbons (Fsp3) is 0.412. The summed E-state index contributed by atoms with van der Waals surface area (Å²) in [7, 11) is 0. The van der Waals surface area contributed by atoms with Crippen LogP contribution in [0.15, 0.2) is 24.3 Å². The number of rotatable bonds is 5. The van der Waals surface area contributed by atoms with Gasteiger partial charge in [0.1, 0.15) is 0 Å². The third-order valence-corrected chi connectivity index (χ3v) is 7.17. The fourth-order valence-electron chi connectivity index (χ4n) is 2.82. The molecule has 2 heterocycles. The zero-order valence-electron chi connectivity index (χ0n) is 14.0. The number of thioether (sulfide) groups is 2. The maximum atomic E-state index is 12.9. The van der Waals surface area contributed by atoms with Crippen LogP contribution < -0.4 is 5.32 Å². The van der Waals surface area contributed by atoms with E-state index >= 15 is 0 Å². The van der Waals surface area contributed by atoms with E-state index in [2.05, 4.69) is 16.5 Å². The van der Waals surface area contributed by atoms with Crippen LogP contribution in [0.3, 0.4) is 0 Å². The quantitative estimate of drug-likeness (QED) is 0.823. The van der Waals surface area contributed by atoms with E-state index in [0.717, 1.165) is 17.2 Å². The average molecular weight is 383 g/mol. The maximum Gasteiger partial charge on any atom is 0.333 e. The molecule has 1 aromatic heterocycles. The van der Waals surface area contributed by atoms with Gasteiger partial charge < -0.3 is 5.32 Å². The minimum atomic E-state index is -2.70. The van der Waals surface area contributed by atoms with Gasteiger partial charge in [0, 0.05) is 28.5 Å². The van der Waals surface area contributed by atoms with Crippen molar-refractivity contribution in [2.24, 2.45) is 0 Å². The van der Waals surface area contributed by atoms with Crippen LogP contribution in [0.5, 0.6) is 0 Å². The first-order chi connectivity index (χ1) is 12.0. The summed E-state index contributed by atoms with van der Waals surface area (Å²) in [5, 5.41) is 6.68. The Morgan fingerprint density at radius 1 is 1.36 bits per heavy atom. The van der Waals surface area contributed by atoms with Crippen molar-refractivity contribution in [3.8, 4) is 0 Å². The molecule has 25 heavy (non-hydrogen) atoms. The van der Waals surface area contributed by atoms with Gasteiger partial charge in [-0.25, -0.2) is 4.68 Å². The summed E-state index contributed by atoms with van der Waals surface area (Å²) in [6.45, 7) is 0.502. The van der Waals surface area contributed by atoms with Crippen molar-refractivity contribution in [3.63, 3.8) is 0 Å². The highest BCUT2D eigenvalue weighted by molar-refractivity contribution is 8.19. The monoisotopic (exact) mass is 383 g/mol. The molecule has 1 N–H and O–H groups in total. The van der Waals surface area contributed by atoms with Gasteiger partial charge in [0.15, 0.2) is 0 Å². The molecule has 0 aliphatic carbocycles. The second-order valence-corrected chi connectivity index (χ2v) is 8.52. The molecule has 0 radical (unpaired) electrons. The molecule has 8 heteroatoms. The van der Waals surface area contributed by atoms with Crippen molar-refractivity contribution in [1.29, 1.82) is 0 Å². The van der Waals surface area contributed by atoms with Gasteiger partial charge in [0.05, 0.1) is 16.7 Å². The number of benzene rings is 1. The number of aryl methyl sites for hydroxylation is 1. The Morgan fingerprint density at radius 3 is 2.72 bits per heavy atom. The van der Waals surface area contributed by atoms with Gasteiger partial charge in [-0.2, -0.15) is 13.9 Å². The number of aromatic nitrogens is 2. The number of nitrogens with zero attached hydrogens (tertiary/aromatic N) is 2. The molecule has 1 fully saturated rings. The lowest BCUT2D eigenvalue weighted by Gasteiger charge is -2.11. The molecule has 4 nitrogen and oxygen atoms in total. The van der Waals surface area contributed by atoms with E-state index in [1.54, 1.807) is 13.8 Å². The third kappa shape index (κ3) is 4.17. The van der Waals surface area contributed by atoms with E-state index in [0.29, 0.717) is 26.2 Å². The molecule has 3 rings (SSSR count). The van der Waals surface area contributed by atoms with E-state index in [1.807, 2.05) is 41.7 Å². The largest absolute Gasteiger partial charge is 0.333 e. The van der Waals surface area contributed by atoms with E-state index in [4.69, 9.17) is 0 Å². The molecule has 1 amide bonds. The van der Waals surface area contributed by atoms with Crippen molar-refractivity contribution in [2.75, 3.05) is 16.8 Å². The Kier molecular flexibility index (Phi) is 5.68. The Bertz CT molecular complexity index is 773. The number of amides is 1. The lowest BCUT2D eigenvalue weighted by Crippen LogP contribution is -2.15. The van der Waals surface area contributed by atoms with Crippen molar-refractivity contribution in [1.82, 2.24) is 9.78 Å². The van der Waals surface area contributed by atoms with E-state index < -0.39 is 6.55 Å². The smallest absolute Gasteiger partial charge is 0.326 e. The van der Waals surface area contributed by atoms with Gasteiger partial charge in [0.25, 0.3) is 0 Å². The normalized spacial score (nSPS) is 15.1. The maximum absolute atomic E-state index is 12.9. The average Bonchev–Trinajstić information content (AvgIpc) is 3.19. The van der Waals surface area contributed by atoms with E-state index in [-0.39, 0.29) is 12.3 Å². The van der Waals surface area contributed by atoms with Crippen molar-refractivity contribution in [3.05, 3.63) is 46.8 Å². The molecule has 1 aliphatic heterocycles. The summed E-state index contributed by atoms with van der Waals surface area (Å²) < 4.78 is 26.9. The van der Waals surface area contributed by atoms with Gasteiger partial charge in [-0.1, -0.05) is 12.1 Å². The van der Waals surface area contributed by atoms with Crippen LogP contribution in [0.2, 0.25) is 0 Å². The van der Waals surface area contributed by atoms with Crippen molar-refractivity contribution < 1.29 is 13.6 Å². The highest BCUT2D eigenvalue weighted by Crippen LogP contribution is 2.45. The molecule has 0 spiro atoms. The molecule has 2 aromatic rings. The highest BCUT2D eigenvalue weighted by atomic mass is 32.2. The predicted molar refractivity (Wildman–Crippen MR) is 99.4 cm³/mol. The number of halogens is 2. The van der Waals surface area contributed by atoms with Gasteiger partial charge in [-0.05, 0) is 31.5 Å². The van der Waals surface area contributed by atoms with E-state index in [9.17, 15) is 13.6 Å². The number of carbonyl (C=O) groups excluding carboxylic acids is 1. The van der Waals surface area contributed by atoms with Crippen molar-refractivity contribution >= 4 is 35.1 Å². The molecule has 0 unspecified atom stereocenters. The third-order valence-electron chi connectivity index (χ3n) is 4.06. The Hall–Kier alpha value is -1.54. The lowest BCUT2D eigenvalue weighted by molar-refractivity contribution is -0.115. The van der Waals surface area contributed by atoms with Crippen LogP contribution in [0.1, 0.15) is 33.6 Å². The zero-order chi connectivity index (χ0) is 18.0. The fourth-order valence-corrected chi connectivity index (χ4v) is 5.66. The van der Waals surface area contributed by atoms with Gasteiger partial charge in [-0.3, -0.25) is 4.79 Å².